The number of ether oxygens (including phenoxy) is 1. The van der Waals surface area contributed by atoms with E-state index >= 15 is 0 Å². The van der Waals surface area contributed by atoms with Crippen molar-refractivity contribution in [3.63, 3.8) is 0 Å². The van der Waals surface area contributed by atoms with E-state index in [9.17, 15) is 14.7 Å². The summed E-state index contributed by atoms with van der Waals surface area (Å²) in [6, 6.07) is 0. The summed E-state index contributed by atoms with van der Waals surface area (Å²) in [5.74, 6) is -0.873. The Balaban J connectivity index is 2.91. The molecule has 0 aromatic rings. The zero-order valence-corrected chi connectivity index (χ0v) is 12.0. The van der Waals surface area contributed by atoms with Crippen molar-refractivity contribution in [2.75, 3.05) is 6.54 Å². The first-order valence-corrected chi connectivity index (χ1v) is 6.11. The van der Waals surface area contributed by atoms with Crippen LogP contribution in [0.1, 0.15) is 48.0 Å². The number of carboxylic acid groups (broad SMARTS) is 1. The highest BCUT2D eigenvalue weighted by Gasteiger charge is 2.52. The lowest BCUT2D eigenvalue weighted by molar-refractivity contribution is -0.147. The van der Waals surface area contributed by atoms with Crippen molar-refractivity contribution in [3.8, 4) is 0 Å². The fourth-order valence-corrected chi connectivity index (χ4v) is 2.44. The maximum absolute atomic E-state index is 12.1. The van der Waals surface area contributed by atoms with Gasteiger partial charge in [0.15, 0.2) is 0 Å². The average Bonchev–Trinajstić information content (AvgIpc) is 2.34. The van der Waals surface area contributed by atoms with E-state index in [1.807, 2.05) is 13.8 Å². The SMILES string of the molecule is CC(C)(C)OC(=O)N1CC(C)(C(=O)O)CC1(C)C. The van der Waals surface area contributed by atoms with E-state index in [0.29, 0.717) is 6.42 Å². The van der Waals surface area contributed by atoms with Gasteiger partial charge >= 0.3 is 12.1 Å². The summed E-state index contributed by atoms with van der Waals surface area (Å²) >= 11 is 0. The van der Waals surface area contributed by atoms with Crippen LogP contribution in [0.2, 0.25) is 0 Å². The molecule has 1 aliphatic rings. The third kappa shape index (κ3) is 2.94. The second-order valence-corrected chi connectivity index (χ2v) is 6.92. The highest BCUT2D eigenvalue weighted by atomic mass is 16.6. The molecule has 0 saturated carbocycles. The topological polar surface area (TPSA) is 66.8 Å². The lowest BCUT2D eigenvalue weighted by atomic mass is 9.84. The van der Waals surface area contributed by atoms with Crippen LogP contribution in [0.4, 0.5) is 4.79 Å². The Hall–Kier alpha value is -1.26. The van der Waals surface area contributed by atoms with Gasteiger partial charge in [-0.05, 0) is 48.0 Å². The van der Waals surface area contributed by atoms with Crippen molar-refractivity contribution in [1.82, 2.24) is 4.90 Å². The first-order valence-electron chi connectivity index (χ1n) is 6.11. The largest absolute Gasteiger partial charge is 0.481 e. The third-order valence-corrected chi connectivity index (χ3v) is 3.19. The minimum atomic E-state index is -0.902. The molecule has 1 amide bonds. The monoisotopic (exact) mass is 257 g/mol. The van der Waals surface area contributed by atoms with Crippen LogP contribution >= 0.6 is 0 Å². The van der Waals surface area contributed by atoms with Gasteiger partial charge in [0.25, 0.3) is 0 Å². The fraction of sp³-hybridized carbons (Fsp3) is 0.846. The second-order valence-electron chi connectivity index (χ2n) is 6.92. The number of carboxylic acids is 1. The molecule has 1 atom stereocenters. The van der Waals surface area contributed by atoms with Gasteiger partial charge in [-0.25, -0.2) is 4.79 Å². The van der Waals surface area contributed by atoms with Crippen molar-refractivity contribution >= 4 is 12.1 Å². The van der Waals surface area contributed by atoms with E-state index in [4.69, 9.17) is 4.74 Å². The van der Waals surface area contributed by atoms with E-state index in [0.717, 1.165) is 0 Å². The third-order valence-electron chi connectivity index (χ3n) is 3.19. The van der Waals surface area contributed by atoms with E-state index in [1.54, 1.807) is 27.7 Å². The van der Waals surface area contributed by atoms with Gasteiger partial charge in [-0.1, -0.05) is 0 Å². The van der Waals surface area contributed by atoms with E-state index in [-0.39, 0.29) is 6.54 Å². The number of carbonyl (C=O) groups is 2. The summed E-state index contributed by atoms with van der Waals surface area (Å²) in [7, 11) is 0. The van der Waals surface area contributed by atoms with Crippen molar-refractivity contribution in [3.05, 3.63) is 0 Å². The van der Waals surface area contributed by atoms with Crippen LogP contribution in [-0.4, -0.2) is 39.8 Å². The molecule has 0 aliphatic carbocycles. The number of aliphatic carboxylic acids is 1. The average molecular weight is 257 g/mol. The predicted octanol–water partition coefficient (Wildman–Crippen LogP) is 2.50. The number of likely N-dealkylation sites (tertiary alicyclic amines) is 1. The summed E-state index contributed by atoms with van der Waals surface area (Å²) < 4.78 is 5.32. The van der Waals surface area contributed by atoms with E-state index < -0.39 is 28.6 Å². The van der Waals surface area contributed by atoms with Crippen LogP contribution in [0.25, 0.3) is 0 Å². The van der Waals surface area contributed by atoms with Gasteiger partial charge < -0.3 is 14.7 Å². The summed E-state index contributed by atoms with van der Waals surface area (Å²) in [6.45, 7) is 11.0. The Morgan fingerprint density at radius 1 is 1.22 bits per heavy atom. The van der Waals surface area contributed by atoms with E-state index in [1.165, 1.54) is 4.90 Å². The van der Waals surface area contributed by atoms with Crippen molar-refractivity contribution < 1.29 is 19.4 Å². The quantitative estimate of drug-likeness (QED) is 0.783. The van der Waals surface area contributed by atoms with Gasteiger partial charge in [0.05, 0.1) is 5.41 Å². The molecule has 0 bridgehead atoms. The Kier molecular flexibility index (Phi) is 3.40. The van der Waals surface area contributed by atoms with Crippen molar-refractivity contribution in [1.29, 1.82) is 0 Å². The Morgan fingerprint density at radius 3 is 2.06 bits per heavy atom. The number of hydrogen-bond donors (Lipinski definition) is 1. The van der Waals surface area contributed by atoms with Gasteiger partial charge in [-0.3, -0.25) is 4.79 Å². The molecule has 0 aromatic heterocycles. The Bertz CT molecular complexity index is 370. The molecule has 5 nitrogen and oxygen atoms in total. The number of nitrogens with zero attached hydrogens (tertiary/aromatic N) is 1. The maximum Gasteiger partial charge on any atom is 0.410 e. The Morgan fingerprint density at radius 2 is 1.72 bits per heavy atom. The zero-order chi connectivity index (χ0) is 14.4. The number of amides is 1. The molecule has 1 heterocycles. The van der Waals surface area contributed by atoms with Gasteiger partial charge in [0.2, 0.25) is 0 Å². The highest BCUT2D eigenvalue weighted by molar-refractivity contribution is 5.78. The predicted molar refractivity (Wildman–Crippen MR) is 67.4 cm³/mol. The van der Waals surface area contributed by atoms with Crippen LogP contribution in [0, 0.1) is 5.41 Å². The number of hydrogen-bond acceptors (Lipinski definition) is 3. The zero-order valence-electron chi connectivity index (χ0n) is 12.0. The van der Waals surface area contributed by atoms with Gasteiger partial charge in [-0.15, -0.1) is 0 Å². The number of carbonyl (C=O) groups excluding carboxylic acids is 1. The van der Waals surface area contributed by atoms with E-state index in [2.05, 4.69) is 0 Å². The minimum Gasteiger partial charge on any atom is -0.481 e. The van der Waals surface area contributed by atoms with Crippen molar-refractivity contribution in [2.45, 2.75) is 59.1 Å². The molecular formula is C13H23NO4. The van der Waals surface area contributed by atoms with Crippen LogP contribution < -0.4 is 0 Å². The first-order chi connectivity index (χ1) is 7.87. The fourth-order valence-electron chi connectivity index (χ4n) is 2.44. The summed E-state index contributed by atoms with van der Waals surface area (Å²) in [5.41, 5.74) is -1.98. The summed E-state index contributed by atoms with van der Waals surface area (Å²) in [5, 5.41) is 9.26. The van der Waals surface area contributed by atoms with Gasteiger partial charge in [0.1, 0.15) is 5.60 Å². The molecule has 18 heavy (non-hydrogen) atoms. The molecule has 104 valence electrons. The molecule has 1 fully saturated rings. The normalized spacial score (nSPS) is 27.1. The summed E-state index contributed by atoms with van der Waals surface area (Å²) in [6.07, 6.45) is -0.0216. The molecule has 1 saturated heterocycles. The highest BCUT2D eigenvalue weighted by Crippen LogP contribution is 2.42. The first kappa shape index (κ1) is 14.8. The molecule has 1 N–H and O–H groups in total. The van der Waals surface area contributed by atoms with Gasteiger partial charge in [0, 0.05) is 12.1 Å². The molecule has 0 spiro atoms. The molecular weight excluding hydrogens is 234 g/mol. The molecule has 0 radical (unpaired) electrons. The maximum atomic E-state index is 12.1. The molecule has 1 unspecified atom stereocenters. The standard InChI is InChI=1S/C13H23NO4/c1-11(2,3)18-10(17)14-8-13(6,9(15)16)7-12(14,4)5/h7-8H2,1-6H3,(H,15,16). The van der Waals surface area contributed by atoms with Crippen LogP contribution in [-0.2, 0) is 9.53 Å². The second kappa shape index (κ2) is 4.14. The van der Waals surface area contributed by atoms with Gasteiger partial charge in [-0.2, -0.15) is 0 Å². The molecule has 1 rings (SSSR count). The number of rotatable bonds is 1. The Labute approximate surface area is 108 Å². The van der Waals surface area contributed by atoms with Crippen molar-refractivity contribution in [2.24, 2.45) is 5.41 Å². The van der Waals surface area contributed by atoms with Crippen LogP contribution in [0.3, 0.4) is 0 Å². The lowest BCUT2D eigenvalue weighted by Gasteiger charge is -2.33. The van der Waals surface area contributed by atoms with Crippen LogP contribution in [0.15, 0.2) is 0 Å². The molecule has 0 aromatic carbocycles. The lowest BCUT2D eigenvalue weighted by Crippen LogP contribution is -2.45. The minimum absolute atomic E-state index is 0.185. The molecule has 5 heteroatoms. The summed E-state index contributed by atoms with van der Waals surface area (Å²) in [4.78, 5) is 24.9. The van der Waals surface area contributed by atoms with Crippen LogP contribution in [0.5, 0.6) is 0 Å². The molecule has 1 aliphatic heterocycles. The smallest absolute Gasteiger partial charge is 0.410 e.